The number of sulfonamides is 1. The van der Waals surface area contributed by atoms with Gasteiger partial charge in [-0.3, -0.25) is 9.59 Å². The SMILES string of the molecule is Cc1ccc(NC(=O)CCCNC(=O)c2ccc(F)cc2F)cc1S(=O)(=O)N1CCCCC1. The second-order valence-electron chi connectivity index (χ2n) is 7.98. The number of anilines is 1. The molecule has 0 aliphatic carbocycles. The van der Waals surface area contributed by atoms with E-state index in [1.807, 2.05) is 0 Å². The van der Waals surface area contributed by atoms with Crippen molar-refractivity contribution >= 4 is 27.5 Å². The molecule has 0 aromatic heterocycles. The molecule has 1 aliphatic heterocycles. The third-order valence-corrected chi connectivity index (χ3v) is 7.49. The van der Waals surface area contributed by atoms with Gasteiger partial charge in [0.15, 0.2) is 0 Å². The van der Waals surface area contributed by atoms with E-state index in [0.717, 1.165) is 31.4 Å². The maximum absolute atomic E-state index is 13.6. The number of hydrogen-bond acceptors (Lipinski definition) is 4. The Morgan fingerprint density at radius 2 is 1.76 bits per heavy atom. The molecule has 2 amide bonds. The van der Waals surface area contributed by atoms with E-state index in [1.165, 1.54) is 10.4 Å². The van der Waals surface area contributed by atoms with Crippen molar-refractivity contribution in [3.63, 3.8) is 0 Å². The van der Waals surface area contributed by atoms with Gasteiger partial charge in [0.1, 0.15) is 11.6 Å². The Hall–Kier alpha value is -2.85. The Kier molecular flexibility index (Phi) is 8.15. The van der Waals surface area contributed by atoms with E-state index in [4.69, 9.17) is 0 Å². The minimum Gasteiger partial charge on any atom is -0.352 e. The molecule has 0 saturated carbocycles. The number of rotatable bonds is 8. The minimum absolute atomic E-state index is 0.0638. The van der Waals surface area contributed by atoms with Crippen molar-refractivity contribution < 1.29 is 26.8 Å². The number of benzene rings is 2. The lowest BCUT2D eigenvalue weighted by Gasteiger charge is -2.26. The van der Waals surface area contributed by atoms with Crippen LogP contribution < -0.4 is 10.6 Å². The van der Waals surface area contributed by atoms with Crippen molar-refractivity contribution in [1.29, 1.82) is 0 Å². The molecule has 0 spiro atoms. The topological polar surface area (TPSA) is 95.6 Å². The van der Waals surface area contributed by atoms with Crippen molar-refractivity contribution in [2.75, 3.05) is 25.0 Å². The molecule has 10 heteroatoms. The highest BCUT2D eigenvalue weighted by molar-refractivity contribution is 7.89. The van der Waals surface area contributed by atoms with Crippen LogP contribution in [0.25, 0.3) is 0 Å². The maximum atomic E-state index is 13.6. The third-order valence-electron chi connectivity index (χ3n) is 5.45. The van der Waals surface area contributed by atoms with Crippen LogP contribution in [-0.4, -0.2) is 44.2 Å². The molecule has 2 N–H and O–H groups in total. The molecule has 33 heavy (non-hydrogen) atoms. The van der Waals surface area contributed by atoms with Gasteiger partial charge in [-0.2, -0.15) is 4.31 Å². The molecule has 0 atom stereocenters. The van der Waals surface area contributed by atoms with Crippen LogP contribution in [0.5, 0.6) is 0 Å². The largest absolute Gasteiger partial charge is 0.352 e. The summed E-state index contributed by atoms with van der Waals surface area (Å²) in [5.41, 5.74) is 0.705. The lowest BCUT2D eigenvalue weighted by molar-refractivity contribution is -0.116. The van der Waals surface area contributed by atoms with Crippen LogP contribution in [0.3, 0.4) is 0 Å². The van der Waals surface area contributed by atoms with Crippen molar-refractivity contribution in [3.05, 3.63) is 59.2 Å². The molecule has 1 heterocycles. The van der Waals surface area contributed by atoms with E-state index in [9.17, 15) is 26.8 Å². The zero-order valence-electron chi connectivity index (χ0n) is 18.4. The summed E-state index contributed by atoms with van der Waals surface area (Å²) in [5.74, 6) is -2.77. The number of nitrogens with zero attached hydrogens (tertiary/aromatic N) is 1. The molecule has 1 fully saturated rings. The molecule has 0 bridgehead atoms. The van der Waals surface area contributed by atoms with Crippen molar-refractivity contribution in [2.45, 2.75) is 43.9 Å². The van der Waals surface area contributed by atoms with Gasteiger partial charge in [-0.25, -0.2) is 17.2 Å². The molecular weight excluding hydrogens is 452 g/mol. The summed E-state index contributed by atoms with van der Waals surface area (Å²) in [7, 11) is -3.63. The summed E-state index contributed by atoms with van der Waals surface area (Å²) in [6.07, 6.45) is 3.03. The van der Waals surface area contributed by atoms with Gasteiger partial charge < -0.3 is 10.6 Å². The Bertz CT molecular complexity index is 1130. The van der Waals surface area contributed by atoms with Gasteiger partial charge in [0.25, 0.3) is 5.91 Å². The van der Waals surface area contributed by atoms with Crippen molar-refractivity contribution in [2.24, 2.45) is 0 Å². The molecule has 3 rings (SSSR count). The van der Waals surface area contributed by atoms with E-state index in [-0.39, 0.29) is 35.8 Å². The number of carbonyl (C=O) groups is 2. The van der Waals surface area contributed by atoms with E-state index in [2.05, 4.69) is 10.6 Å². The number of carbonyl (C=O) groups excluding carboxylic acids is 2. The molecule has 2 aromatic rings. The van der Waals surface area contributed by atoms with E-state index < -0.39 is 27.6 Å². The molecule has 178 valence electrons. The van der Waals surface area contributed by atoms with Gasteiger partial charge in [-0.15, -0.1) is 0 Å². The fraction of sp³-hybridized carbons (Fsp3) is 0.391. The van der Waals surface area contributed by atoms with Gasteiger partial charge in [0.05, 0.1) is 10.5 Å². The summed E-state index contributed by atoms with van der Waals surface area (Å²) in [6, 6.07) is 7.44. The smallest absolute Gasteiger partial charge is 0.254 e. The van der Waals surface area contributed by atoms with Crippen LogP contribution in [0, 0.1) is 18.6 Å². The average Bonchev–Trinajstić information content (AvgIpc) is 2.78. The third kappa shape index (κ3) is 6.35. The summed E-state index contributed by atoms with van der Waals surface area (Å²) in [6.45, 7) is 2.82. The predicted molar refractivity (Wildman–Crippen MR) is 120 cm³/mol. The number of aryl methyl sites for hydroxylation is 1. The number of halogens is 2. The number of hydrogen-bond donors (Lipinski definition) is 2. The predicted octanol–water partition coefficient (Wildman–Crippen LogP) is 3.60. The van der Waals surface area contributed by atoms with Crippen LogP contribution in [0.15, 0.2) is 41.3 Å². The van der Waals surface area contributed by atoms with Gasteiger partial charge in [0.2, 0.25) is 15.9 Å². The average molecular weight is 480 g/mol. The molecule has 1 saturated heterocycles. The first-order valence-electron chi connectivity index (χ1n) is 10.8. The zero-order valence-corrected chi connectivity index (χ0v) is 19.2. The zero-order chi connectivity index (χ0) is 24.0. The van der Waals surface area contributed by atoms with Gasteiger partial charge in [0, 0.05) is 37.8 Å². The fourth-order valence-corrected chi connectivity index (χ4v) is 5.41. The molecule has 0 radical (unpaired) electrons. The van der Waals surface area contributed by atoms with Crippen molar-refractivity contribution in [1.82, 2.24) is 9.62 Å². The number of piperidine rings is 1. The van der Waals surface area contributed by atoms with Gasteiger partial charge >= 0.3 is 0 Å². The lowest BCUT2D eigenvalue weighted by atomic mass is 10.2. The first kappa shape index (κ1) is 24.8. The summed E-state index contributed by atoms with van der Waals surface area (Å²) in [5, 5.41) is 5.17. The van der Waals surface area contributed by atoms with Gasteiger partial charge in [-0.05, 0) is 56.0 Å². The van der Waals surface area contributed by atoms with Crippen molar-refractivity contribution in [3.8, 4) is 0 Å². The van der Waals surface area contributed by atoms with Crippen LogP contribution in [0.2, 0.25) is 0 Å². The molecule has 2 aromatic carbocycles. The monoisotopic (exact) mass is 479 g/mol. The summed E-state index contributed by atoms with van der Waals surface area (Å²) < 4.78 is 54.1. The molecule has 1 aliphatic rings. The highest BCUT2D eigenvalue weighted by Gasteiger charge is 2.27. The Morgan fingerprint density at radius 3 is 2.45 bits per heavy atom. The lowest BCUT2D eigenvalue weighted by Crippen LogP contribution is -2.36. The van der Waals surface area contributed by atoms with E-state index in [0.29, 0.717) is 30.4 Å². The fourth-order valence-electron chi connectivity index (χ4n) is 3.64. The standard InChI is InChI=1S/C23H27F2N3O4S/c1-16-7-9-18(15-21(16)33(31,32)28-12-3-2-4-13-28)27-22(29)6-5-11-26-23(30)19-10-8-17(24)14-20(19)25/h7-10,14-15H,2-6,11-13H2,1H3,(H,26,30)(H,27,29). The number of amides is 2. The summed E-state index contributed by atoms with van der Waals surface area (Å²) >= 11 is 0. The molecule has 0 unspecified atom stereocenters. The molecule has 7 nitrogen and oxygen atoms in total. The maximum Gasteiger partial charge on any atom is 0.254 e. The quantitative estimate of drug-likeness (QED) is 0.566. The first-order valence-corrected chi connectivity index (χ1v) is 12.3. The normalized spacial score (nSPS) is 14.6. The first-order chi connectivity index (χ1) is 15.7. The van der Waals surface area contributed by atoms with E-state index >= 15 is 0 Å². The Balaban J connectivity index is 1.53. The van der Waals surface area contributed by atoms with E-state index in [1.54, 1.807) is 19.1 Å². The molecular formula is C23H27F2N3O4S. The Labute approximate surface area is 192 Å². The highest BCUT2D eigenvalue weighted by Crippen LogP contribution is 2.26. The number of nitrogens with one attached hydrogen (secondary N) is 2. The van der Waals surface area contributed by atoms with Crippen LogP contribution >= 0.6 is 0 Å². The van der Waals surface area contributed by atoms with Gasteiger partial charge in [-0.1, -0.05) is 12.5 Å². The second kappa shape index (κ2) is 10.8. The second-order valence-corrected chi connectivity index (χ2v) is 9.88. The highest BCUT2D eigenvalue weighted by atomic mass is 32.2. The summed E-state index contributed by atoms with van der Waals surface area (Å²) in [4.78, 5) is 24.4. The van der Waals surface area contributed by atoms with Crippen LogP contribution in [-0.2, 0) is 14.8 Å². The van der Waals surface area contributed by atoms with Crippen LogP contribution in [0.4, 0.5) is 14.5 Å². The Morgan fingerprint density at radius 1 is 1.03 bits per heavy atom. The minimum atomic E-state index is -3.63. The van der Waals surface area contributed by atoms with Crippen LogP contribution in [0.1, 0.15) is 48.0 Å².